The standard InChI is InChI=1S/C66H127NO11S/c1-3-5-7-9-11-13-15-17-18-19-20-21-22-23-24-25-26-27-28-29-30-31-32-33-34-35-36-37-38-39-40-41-42-44-46-48-50-52-54-56-62(70)67-59(60(69)55-53-51-49-47-45-43-16-14-12-10-8-6-4-2)58-76-66-64(72)65(78-79(73,74)75)63(71)61(57-68)77-66/h29-30,53,55,59-61,63-66,68-69,71-72H,3-28,31-52,54,56-58H2,1-2H3,(H,67,70)(H,73,74,75)/b30-29-,55-53+. The molecule has 0 aliphatic carbocycles. The molecule has 79 heavy (non-hydrogen) atoms. The Morgan fingerprint density at radius 3 is 1.14 bits per heavy atom. The van der Waals surface area contributed by atoms with Crippen molar-refractivity contribution in [1.29, 1.82) is 0 Å². The second-order valence-electron chi connectivity index (χ2n) is 23.8. The fourth-order valence-electron chi connectivity index (χ4n) is 11.0. The fourth-order valence-corrected chi connectivity index (χ4v) is 11.6. The first-order chi connectivity index (χ1) is 38.5. The van der Waals surface area contributed by atoms with E-state index in [0.29, 0.717) is 6.42 Å². The van der Waals surface area contributed by atoms with E-state index in [1.807, 2.05) is 6.08 Å². The van der Waals surface area contributed by atoms with Crippen molar-refractivity contribution >= 4 is 16.3 Å². The van der Waals surface area contributed by atoms with E-state index in [-0.39, 0.29) is 18.9 Å². The summed E-state index contributed by atoms with van der Waals surface area (Å²) in [6.45, 7) is 3.43. The maximum Gasteiger partial charge on any atom is 0.397 e. The molecule has 1 heterocycles. The first-order valence-electron chi connectivity index (χ1n) is 33.7. The SMILES string of the molecule is CCCCCCCCCCCCC/C=C/C(O)C(COC1OC(CO)C(O)C(OS(=O)(=O)O)C1O)NC(=O)CCCCCCCCCCCCCCCCCCC/C=C\CCCCCCCCCCCCCCCCCCCC. The van der Waals surface area contributed by atoms with Crippen molar-refractivity contribution in [3.63, 3.8) is 0 Å². The fraction of sp³-hybridized carbons (Fsp3) is 0.924. The number of carbonyl (C=O) groups excluding carboxylic acids is 1. The Hall–Kier alpha value is -1.42. The molecule has 1 aliphatic heterocycles. The molecule has 0 radical (unpaired) electrons. The van der Waals surface area contributed by atoms with Crippen molar-refractivity contribution in [3.8, 4) is 0 Å². The van der Waals surface area contributed by atoms with E-state index >= 15 is 0 Å². The lowest BCUT2D eigenvalue weighted by molar-refractivity contribution is -0.298. The summed E-state index contributed by atoms with van der Waals surface area (Å²) in [5.41, 5.74) is 0. The molecular formula is C66H127NO11S. The first kappa shape index (κ1) is 75.6. The number of aliphatic hydroxyl groups excluding tert-OH is 4. The maximum absolute atomic E-state index is 13.1. The Balaban J connectivity index is 2.12. The molecule has 1 fully saturated rings. The number of aliphatic hydroxyl groups is 4. The number of allylic oxidation sites excluding steroid dienone is 3. The van der Waals surface area contributed by atoms with Crippen molar-refractivity contribution in [3.05, 3.63) is 24.3 Å². The lowest BCUT2D eigenvalue weighted by atomic mass is 9.99. The molecular weight excluding hydrogens is 1010 g/mol. The summed E-state index contributed by atoms with van der Waals surface area (Å²) in [4.78, 5) is 13.1. The molecule has 0 bridgehead atoms. The molecule has 13 heteroatoms. The average molecular weight is 1140 g/mol. The smallest absolute Gasteiger partial charge is 0.394 e. The molecule has 0 aromatic carbocycles. The summed E-state index contributed by atoms with van der Waals surface area (Å²) >= 11 is 0. The predicted octanol–water partition coefficient (Wildman–Crippen LogP) is 17.1. The van der Waals surface area contributed by atoms with Gasteiger partial charge in [0.15, 0.2) is 6.29 Å². The second kappa shape index (κ2) is 55.8. The molecule has 1 rings (SSSR count). The number of carbonyl (C=O) groups is 1. The Morgan fingerprint density at radius 1 is 0.494 bits per heavy atom. The summed E-state index contributed by atoms with van der Waals surface area (Å²) in [6.07, 6.45) is 62.8. The highest BCUT2D eigenvalue weighted by Gasteiger charge is 2.48. The van der Waals surface area contributed by atoms with Crippen molar-refractivity contribution < 1.29 is 51.8 Å². The Bertz CT molecular complexity index is 1480. The minimum absolute atomic E-state index is 0.257. The molecule has 0 aromatic heterocycles. The number of nitrogens with one attached hydrogen (secondary N) is 1. The number of amides is 1. The highest BCUT2D eigenvalue weighted by Crippen LogP contribution is 2.26. The normalized spacial score (nSPS) is 18.8. The molecule has 0 saturated carbocycles. The van der Waals surface area contributed by atoms with Crippen LogP contribution < -0.4 is 5.32 Å². The third kappa shape index (κ3) is 47.6. The largest absolute Gasteiger partial charge is 0.397 e. The van der Waals surface area contributed by atoms with Crippen LogP contribution in [0.15, 0.2) is 24.3 Å². The number of unbranched alkanes of at least 4 members (excludes halogenated alkanes) is 46. The predicted molar refractivity (Wildman–Crippen MR) is 329 cm³/mol. The third-order valence-electron chi connectivity index (χ3n) is 16.2. The zero-order chi connectivity index (χ0) is 57.5. The van der Waals surface area contributed by atoms with Crippen LogP contribution in [-0.4, -0.2) is 95.4 Å². The molecule has 0 aromatic rings. The molecule has 12 nitrogen and oxygen atoms in total. The quantitative estimate of drug-likeness (QED) is 0.0193. The molecule has 7 unspecified atom stereocenters. The van der Waals surface area contributed by atoms with Gasteiger partial charge in [-0.05, 0) is 44.9 Å². The van der Waals surface area contributed by atoms with Gasteiger partial charge in [0.1, 0.15) is 24.4 Å². The topological polar surface area (TPSA) is 192 Å². The molecule has 1 saturated heterocycles. The molecule has 1 aliphatic rings. The summed E-state index contributed by atoms with van der Waals surface area (Å²) in [5.74, 6) is -0.257. The van der Waals surface area contributed by atoms with Gasteiger partial charge < -0.3 is 35.2 Å². The Kier molecular flexibility index (Phi) is 53.3. The lowest BCUT2D eigenvalue weighted by Gasteiger charge is -2.41. The van der Waals surface area contributed by atoms with Crippen molar-refractivity contribution in [1.82, 2.24) is 5.32 Å². The number of hydrogen-bond acceptors (Lipinski definition) is 10. The summed E-state index contributed by atoms with van der Waals surface area (Å²) in [6, 6.07) is -0.942. The van der Waals surface area contributed by atoms with Gasteiger partial charge in [0.05, 0.1) is 25.4 Å². The van der Waals surface area contributed by atoms with Gasteiger partial charge in [-0.25, -0.2) is 4.18 Å². The highest BCUT2D eigenvalue weighted by molar-refractivity contribution is 7.80. The molecule has 6 N–H and O–H groups in total. The summed E-state index contributed by atoms with van der Waals surface area (Å²) in [5, 5.41) is 45.0. The van der Waals surface area contributed by atoms with Crippen LogP contribution in [0.3, 0.4) is 0 Å². The summed E-state index contributed by atoms with van der Waals surface area (Å²) in [7, 11) is -5.09. The number of rotatable bonds is 60. The number of ether oxygens (including phenoxy) is 2. The van der Waals surface area contributed by atoms with Crippen LogP contribution in [0, 0.1) is 0 Å². The van der Waals surface area contributed by atoms with Gasteiger partial charge in [0, 0.05) is 6.42 Å². The zero-order valence-electron chi connectivity index (χ0n) is 51.2. The van der Waals surface area contributed by atoms with E-state index in [0.717, 1.165) is 38.5 Å². The average Bonchev–Trinajstić information content (AvgIpc) is 3.43. The van der Waals surface area contributed by atoms with Crippen LogP contribution in [-0.2, 0) is 28.9 Å². The molecule has 0 spiro atoms. The van der Waals surface area contributed by atoms with Gasteiger partial charge in [0.25, 0.3) is 0 Å². The minimum Gasteiger partial charge on any atom is -0.394 e. The minimum atomic E-state index is -5.09. The van der Waals surface area contributed by atoms with Gasteiger partial charge in [0.2, 0.25) is 5.91 Å². The monoisotopic (exact) mass is 1140 g/mol. The van der Waals surface area contributed by atoms with Crippen molar-refractivity contribution in [2.45, 2.75) is 378 Å². The number of hydrogen-bond donors (Lipinski definition) is 6. The molecule has 468 valence electrons. The maximum atomic E-state index is 13.1. The molecule has 1 amide bonds. The van der Waals surface area contributed by atoms with E-state index in [1.54, 1.807) is 6.08 Å². The molecule has 7 atom stereocenters. The Morgan fingerprint density at radius 2 is 0.810 bits per heavy atom. The van der Waals surface area contributed by atoms with E-state index in [4.69, 9.17) is 9.47 Å². The Labute approximate surface area is 486 Å². The van der Waals surface area contributed by atoms with Crippen LogP contribution in [0.5, 0.6) is 0 Å². The highest BCUT2D eigenvalue weighted by atomic mass is 32.3. The van der Waals surface area contributed by atoms with Crippen molar-refractivity contribution in [2.75, 3.05) is 13.2 Å². The third-order valence-corrected chi connectivity index (χ3v) is 16.7. The zero-order valence-corrected chi connectivity index (χ0v) is 52.0. The van der Waals surface area contributed by atoms with E-state index in [2.05, 4.69) is 35.5 Å². The van der Waals surface area contributed by atoms with Crippen LogP contribution in [0.1, 0.15) is 335 Å². The lowest BCUT2D eigenvalue weighted by Crippen LogP contribution is -2.61. The van der Waals surface area contributed by atoms with E-state index < -0.39 is 59.9 Å². The van der Waals surface area contributed by atoms with Crippen LogP contribution >= 0.6 is 0 Å². The van der Waals surface area contributed by atoms with Gasteiger partial charge in [-0.1, -0.05) is 308 Å². The van der Waals surface area contributed by atoms with Crippen LogP contribution in [0.25, 0.3) is 0 Å². The van der Waals surface area contributed by atoms with E-state index in [1.165, 1.54) is 270 Å². The van der Waals surface area contributed by atoms with E-state index in [9.17, 15) is 38.2 Å². The van der Waals surface area contributed by atoms with Gasteiger partial charge >= 0.3 is 10.4 Å². The summed E-state index contributed by atoms with van der Waals surface area (Å²) < 4.78 is 47.8. The van der Waals surface area contributed by atoms with Crippen LogP contribution in [0.4, 0.5) is 0 Å². The van der Waals surface area contributed by atoms with Gasteiger partial charge in [-0.15, -0.1) is 0 Å². The van der Waals surface area contributed by atoms with Crippen LogP contribution in [0.2, 0.25) is 0 Å². The second-order valence-corrected chi connectivity index (χ2v) is 24.8. The van der Waals surface area contributed by atoms with Crippen molar-refractivity contribution in [2.24, 2.45) is 0 Å². The first-order valence-corrected chi connectivity index (χ1v) is 35.1. The van der Waals surface area contributed by atoms with Gasteiger partial charge in [-0.2, -0.15) is 8.42 Å². The van der Waals surface area contributed by atoms with Gasteiger partial charge in [-0.3, -0.25) is 9.35 Å².